The number of aromatic nitrogens is 1. The Kier molecular flexibility index (Phi) is 3.90. The number of oxazole rings is 1. The van der Waals surface area contributed by atoms with Crippen LogP contribution in [0.5, 0.6) is 0 Å². The zero-order chi connectivity index (χ0) is 13.7. The molecule has 19 heavy (non-hydrogen) atoms. The van der Waals surface area contributed by atoms with Crippen LogP contribution < -0.4 is 10.6 Å². The van der Waals surface area contributed by atoms with Gasteiger partial charge < -0.3 is 15.1 Å². The summed E-state index contributed by atoms with van der Waals surface area (Å²) in [7, 11) is 1.76. The number of carbonyl (C=O) groups excluding carboxylic acids is 1. The number of anilines is 1. The topological polar surface area (TPSA) is 91.0 Å². The van der Waals surface area contributed by atoms with E-state index >= 15 is 0 Å². The molecule has 0 aliphatic carbocycles. The van der Waals surface area contributed by atoms with Gasteiger partial charge in [0.1, 0.15) is 0 Å². The molecule has 6 heteroatoms. The SMILES string of the molecule is CNCc1ncc(C(=O)Nc2cccc(C#N)c2)o1. The van der Waals surface area contributed by atoms with Crippen molar-refractivity contribution in [3.63, 3.8) is 0 Å². The highest BCUT2D eigenvalue weighted by molar-refractivity contribution is 6.02. The molecule has 6 nitrogen and oxygen atoms in total. The zero-order valence-corrected chi connectivity index (χ0v) is 10.3. The number of nitrogens with zero attached hydrogens (tertiary/aromatic N) is 2. The second-order valence-corrected chi connectivity index (χ2v) is 3.80. The minimum Gasteiger partial charge on any atom is -0.434 e. The number of rotatable bonds is 4. The van der Waals surface area contributed by atoms with Gasteiger partial charge in [0, 0.05) is 5.69 Å². The highest BCUT2D eigenvalue weighted by Gasteiger charge is 2.12. The number of nitrogens with one attached hydrogen (secondary N) is 2. The molecule has 0 aliphatic rings. The van der Waals surface area contributed by atoms with E-state index in [0.29, 0.717) is 23.7 Å². The summed E-state index contributed by atoms with van der Waals surface area (Å²) >= 11 is 0. The van der Waals surface area contributed by atoms with Gasteiger partial charge in [-0.1, -0.05) is 6.07 Å². The monoisotopic (exact) mass is 256 g/mol. The minimum atomic E-state index is -0.398. The fourth-order valence-electron chi connectivity index (χ4n) is 1.51. The Balaban J connectivity index is 2.09. The molecule has 1 aromatic carbocycles. The van der Waals surface area contributed by atoms with Crippen LogP contribution in [0.25, 0.3) is 0 Å². The molecule has 2 aromatic rings. The number of benzene rings is 1. The Labute approximate surface area is 110 Å². The van der Waals surface area contributed by atoms with Crippen molar-refractivity contribution in [3.05, 3.63) is 47.7 Å². The fourth-order valence-corrected chi connectivity index (χ4v) is 1.51. The lowest BCUT2D eigenvalue weighted by molar-refractivity contribution is 0.0994. The van der Waals surface area contributed by atoms with Gasteiger partial charge in [0.15, 0.2) is 0 Å². The lowest BCUT2D eigenvalue weighted by Gasteiger charge is -2.02. The first kappa shape index (κ1) is 12.8. The summed E-state index contributed by atoms with van der Waals surface area (Å²) in [6.07, 6.45) is 1.37. The Hall–Kier alpha value is -2.65. The van der Waals surface area contributed by atoms with E-state index in [-0.39, 0.29) is 5.76 Å². The van der Waals surface area contributed by atoms with Crippen molar-refractivity contribution in [2.45, 2.75) is 6.54 Å². The van der Waals surface area contributed by atoms with E-state index in [1.165, 1.54) is 6.20 Å². The van der Waals surface area contributed by atoms with Gasteiger partial charge in [-0.15, -0.1) is 0 Å². The lowest BCUT2D eigenvalue weighted by atomic mass is 10.2. The van der Waals surface area contributed by atoms with E-state index in [4.69, 9.17) is 9.68 Å². The maximum atomic E-state index is 11.9. The Bertz CT molecular complexity index is 628. The molecule has 96 valence electrons. The summed E-state index contributed by atoms with van der Waals surface area (Å²) in [4.78, 5) is 15.8. The van der Waals surface area contributed by atoms with Crippen LogP contribution in [0, 0.1) is 11.3 Å². The van der Waals surface area contributed by atoms with Crippen LogP contribution in [0.1, 0.15) is 22.0 Å². The standard InChI is InChI=1S/C13H12N4O2/c1-15-8-12-16-7-11(19-12)13(18)17-10-4-2-3-9(5-10)6-14/h2-5,7,15H,8H2,1H3,(H,17,18). The van der Waals surface area contributed by atoms with Crippen LogP contribution in [0.3, 0.4) is 0 Å². The number of carbonyl (C=O) groups is 1. The Morgan fingerprint density at radius 2 is 2.37 bits per heavy atom. The molecule has 1 aromatic heterocycles. The van der Waals surface area contributed by atoms with Crippen molar-refractivity contribution >= 4 is 11.6 Å². The van der Waals surface area contributed by atoms with Gasteiger partial charge in [-0.25, -0.2) is 4.98 Å². The molecule has 0 spiro atoms. The first-order valence-corrected chi connectivity index (χ1v) is 5.63. The number of nitriles is 1. The fraction of sp³-hybridized carbons (Fsp3) is 0.154. The van der Waals surface area contributed by atoms with Crippen molar-refractivity contribution < 1.29 is 9.21 Å². The second-order valence-electron chi connectivity index (χ2n) is 3.80. The van der Waals surface area contributed by atoms with Crippen molar-refractivity contribution in [1.29, 1.82) is 5.26 Å². The quantitative estimate of drug-likeness (QED) is 0.865. The maximum Gasteiger partial charge on any atom is 0.293 e. The molecule has 0 fully saturated rings. The van der Waals surface area contributed by atoms with Crippen molar-refractivity contribution in [3.8, 4) is 6.07 Å². The molecule has 0 saturated carbocycles. The van der Waals surface area contributed by atoms with Gasteiger partial charge in [-0.3, -0.25) is 4.79 Å². The van der Waals surface area contributed by atoms with Gasteiger partial charge in [0.2, 0.25) is 11.7 Å². The van der Waals surface area contributed by atoms with Gasteiger partial charge in [0.25, 0.3) is 5.91 Å². The van der Waals surface area contributed by atoms with Crippen LogP contribution in [-0.2, 0) is 6.54 Å². The number of hydrogen-bond donors (Lipinski definition) is 2. The first-order valence-electron chi connectivity index (χ1n) is 5.63. The summed E-state index contributed by atoms with van der Waals surface area (Å²) in [5.74, 6) is 0.177. The van der Waals surface area contributed by atoms with Crippen LogP contribution in [0.15, 0.2) is 34.9 Å². The normalized spacial score (nSPS) is 9.89. The summed E-state index contributed by atoms with van der Waals surface area (Å²) in [6, 6.07) is 8.65. The lowest BCUT2D eigenvalue weighted by Crippen LogP contribution is -2.11. The van der Waals surface area contributed by atoms with E-state index in [1.807, 2.05) is 6.07 Å². The molecule has 2 N–H and O–H groups in total. The largest absolute Gasteiger partial charge is 0.434 e. The average molecular weight is 256 g/mol. The van der Waals surface area contributed by atoms with Crippen LogP contribution in [0.2, 0.25) is 0 Å². The third-order valence-electron chi connectivity index (χ3n) is 2.35. The van der Waals surface area contributed by atoms with Crippen LogP contribution >= 0.6 is 0 Å². The number of hydrogen-bond acceptors (Lipinski definition) is 5. The highest BCUT2D eigenvalue weighted by atomic mass is 16.4. The molecule has 1 heterocycles. The predicted octanol–water partition coefficient (Wildman–Crippen LogP) is 1.52. The molecular weight excluding hydrogens is 244 g/mol. The number of amides is 1. The smallest absolute Gasteiger partial charge is 0.293 e. The van der Waals surface area contributed by atoms with E-state index in [9.17, 15) is 4.79 Å². The van der Waals surface area contributed by atoms with Crippen LogP contribution in [0.4, 0.5) is 5.69 Å². The summed E-state index contributed by atoms with van der Waals surface area (Å²) < 4.78 is 5.26. The third-order valence-corrected chi connectivity index (χ3v) is 2.35. The van der Waals surface area contributed by atoms with Crippen molar-refractivity contribution in [2.24, 2.45) is 0 Å². The first-order chi connectivity index (χ1) is 9.22. The summed E-state index contributed by atoms with van der Waals surface area (Å²) in [6.45, 7) is 0.456. The van der Waals surface area contributed by atoms with Gasteiger partial charge >= 0.3 is 0 Å². The molecule has 0 aliphatic heterocycles. The van der Waals surface area contributed by atoms with E-state index in [1.54, 1.807) is 31.3 Å². The van der Waals surface area contributed by atoms with Crippen molar-refractivity contribution in [1.82, 2.24) is 10.3 Å². The summed E-state index contributed by atoms with van der Waals surface area (Å²) in [5.41, 5.74) is 1.02. The second kappa shape index (κ2) is 5.80. The maximum absolute atomic E-state index is 11.9. The zero-order valence-electron chi connectivity index (χ0n) is 10.3. The highest BCUT2D eigenvalue weighted by Crippen LogP contribution is 2.12. The molecule has 0 radical (unpaired) electrons. The van der Waals surface area contributed by atoms with E-state index in [2.05, 4.69) is 15.6 Å². The summed E-state index contributed by atoms with van der Waals surface area (Å²) in [5, 5.41) is 14.3. The molecule has 0 bridgehead atoms. The molecule has 2 rings (SSSR count). The van der Waals surface area contributed by atoms with Crippen LogP contribution in [-0.4, -0.2) is 17.9 Å². The molecule has 0 unspecified atom stereocenters. The van der Waals surface area contributed by atoms with E-state index < -0.39 is 5.91 Å². The predicted molar refractivity (Wildman–Crippen MR) is 68.4 cm³/mol. The van der Waals surface area contributed by atoms with Crippen molar-refractivity contribution in [2.75, 3.05) is 12.4 Å². The Morgan fingerprint density at radius 3 is 3.11 bits per heavy atom. The third kappa shape index (κ3) is 3.18. The molecular formula is C13H12N4O2. The van der Waals surface area contributed by atoms with Gasteiger partial charge in [-0.05, 0) is 25.2 Å². The van der Waals surface area contributed by atoms with Gasteiger partial charge in [0.05, 0.1) is 24.4 Å². The van der Waals surface area contributed by atoms with E-state index in [0.717, 1.165) is 0 Å². The minimum absolute atomic E-state index is 0.132. The average Bonchev–Trinajstić information content (AvgIpc) is 2.88. The van der Waals surface area contributed by atoms with Gasteiger partial charge in [-0.2, -0.15) is 5.26 Å². The molecule has 0 atom stereocenters. The molecule has 1 amide bonds. The molecule has 0 saturated heterocycles. The Morgan fingerprint density at radius 1 is 1.53 bits per heavy atom.